The molecule has 2 heterocycles. The van der Waals surface area contributed by atoms with Crippen molar-refractivity contribution in [1.29, 1.82) is 0 Å². The summed E-state index contributed by atoms with van der Waals surface area (Å²) in [4.78, 5) is 24.7. The summed E-state index contributed by atoms with van der Waals surface area (Å²) in [5, 5.41) is 7.10. The maximum Gasteiger partial charge on any atom is 0.290 e. The molecule has 1 aromatic carbocycles. The third-order valence-corrected chi connectivity index (χ3v) is 4.80. The molecule has 0 radical (unpaired) electrons. The van der Waals surface area contributed by atoms with Crippen molar-refractivity contribution in [3.63, 3.8) is 0 Å². The quantitative estimate of drug-likeness (QED) is 0.565. The highest BCUT2D eigenvalue weighted by atomic mass is 16.5. The zero-order valence-electron chi connectivity index (χ0n) is 18.0. The third kappa shape index (κ3) is 5.06. The van der Waals surface area contributed by atoms with Gasteiger partial charge in [0.25, 0.3) is 5.56 Å². The normalized spacial score (nSPS) is 10.7. The van der Waals surface area contributed by atoms with Crippen molar-refractivity contribution in [2.24, 2.45) is 0 Å². The Balaban J connectivity index is 1.67. The van der Waals surface area contributed by atoms with Gasteiger partial charge >= 0.3 is 0 Å². The molecule has 31 heavy (non-hydrogen) atoms. The minimum atomic E-state index is -0.517. The Bertz CT molecular complexity index is 1150. The van der Waals surface area contributed by atoms with E-state index in [0.29, 0.717) is 35.9 Å². The van der Waals surface area contributed by atoms with Gasteiger partial charge in [-0.3, -0.25) is 9.59 Å². The van der Waals surface area contributed by atoms with Gasteiger partial charge in [0.15, 0.2) is 11.5 Å². The average molecular weight is 426 g/mol. The fraction of sp³-hybridized carbons (Fsp3) is 0.318. The molecule has 1 amide bonds. The molecule has 9 nitrogen and oxygen atoms in total. The number of amides is 1. The monoisotopic (exact) mass is 426 g/mol. The molecule has 3 rings (SSSR count). The van der Waals surface area contributed by atoms with Crippen LogP contribution >= 0.6 is 0 Å². The summed E-state index contributed by atoms with van der Waals surface area (Å²) in [6.07, 6.45) is 0.587. The van der Waals surface area contributed by atoms with E-state index in [1.54, 1.807) is 21.1 Å². The van der Waals surface area contributed by atoms with Crippen LogP contribution in [0.3, 0.4) is 0 Å². The maximum absolute atomic E-state index is 12.4. The number of aromatic nitrogens is 2. The molecular weight excluding hydrogens is 400 g/mol. The fourth-order valence-electron chi connectivity index (χ4n) is 3.26. The van der Waals surface area contributed by atoms with Crippen LogP contribution < -0.4 is 26.1 Å². The minimum absolute atomic E-state index is 0.0152. The third-order valence-electron chi connectivity index (χ3n) is 4.80. The van der Waals surface area contributed by atoms with E-state index in [1.165, 1.54) is 6.07 Å². The van der Waals surface area contributed by atoms with Crippen molar-refractivity contribution >= 4 is 11.6 Å². The van der Waals surface area contributed by atoms with Crippen LogP contribution in [0.15, 0.2) is 39.5 Å². The van der Waals surface area contributed by atoms with Gasteiger partial charge in [-0.05, 0) is 50.1 Å². The van der Waals surface area contributed by atoms with Crippen LogP contribution in [0.5, 0.6) is 11.5 Å². The molecule has 0 aliphatic rings. The van der Waals surface area contributed by atoms with E-state index in [0.717, 1.165) is 21.6 Å². The van der Waals surface area contributed by atoms with E-state index in [4.69, 9.17) is 19.6 Å². The Kier molecular flexibility index (Phi) is 6.64. The van der Waals surface area contributed by atoms with E-state index in [9.17, 15) is 9.59 Å². The highest BCUT2D eigenvalue weighted by molar-refractivity contribution is 5.76. The Morgan fingerprint density at radius 1 is 1.16 bits per heavy atom. The number of nitrogens with two attached hydrogens (primary N) is 1. The number of nitrogens with one attached hydrogen (secondary N) is 1. The smallest absolute Gasteiger partial charge is 0.290 e. The fourth-order valence-corrected chi connectivity index (χ4v) is 3.26. The van der Waals surface area contributed by atoms with E-state index < -0.39 is 5.56 Å². The van der Waals surface area contributed by atoms with E-state index in [-0.39, 0.29) is 18.1 Å². The second kappa shape index (κ2) is 9.38. The second-order valence-electron chi connectivity index (χ2n) is 7.06. The Hall–Kier alpha value is -3.75. The van der Waals surface area contributed by atoms with Crippen molar-refractivity contribution in [2.75, 3.05) is 26.5 Å². The number of furan rings is 1. The van der Waals surface area contributed by atoms with Crippen LogP contribution in [0.1, 0.15) is 17.1 Å². The Morgan fingerprint density at radius 3 is 2.55 bits per heavy atom. The molecule has 0 unspecified atom stereocenters. The number of anilines is 1. The van der Waals surface area contributed by atoms with Gasteiger partial charge in [0, 0.05) is 12.1 Å². The second-order valence-corrected chi connectivity index (χ2v) is 7.06. The lowest BCUT2D eigenvalue weighted by Gasteiger charge is -2.11. The highest BCUT2D eigenvalue weighted by Gasteiger charge is 2.15. The topological polar surface area (TPSA) is 122 Å². The predicted molar refractivity (Wildman–Crippen MR) is 116 cm³/mol. The number of nitrogen functional groups attached to an aromatic ring is 1. The zero-order valence-corrected chi connectivity index (χ0v) is 18.0. The molecule has 3 N–H and O–H groups in total. The molecule has 3 aromatic rings. The molecule has 0 bridgehead atoms. The molecular formula is C22H26N4O5. The van der Waals surface area contributed by atoms with E-state index in [2.05, 4.69) is 10.4 Å². The van der Waals surface area contributed by atoms with Crippen molar-refractivity contribution in [3.05, 3.63) is 57.8 Å². The minimum Gasteiger partial charge on any atom is -0.493 e. The van der Waals surface area contributed by atoms with Crippen LogP contribution in [0.2, 0.25) is 0 Å². The van der Waals surface area contributed by atoms with E-state index >= 15 is 0 Å². The summed E-state index contributed by atoms with van der Waals surface area (Å²) in [5.41, 5.74) is 7.54. The lowest BCUT2D eigenvalue weighted by atomic mass is 10.1. The van der Waals surface area contributed by atoms with Crippen LogP contribution in [0, 0.1) is 13.8 Å². The summed E-state index contributed by atoms with van der Waals surface area (Å²) < 4.78 is 17.1. The summed E-state index contributed by atoms with van der Waals surface area (Å²) in [5.74, 6) is 2.31. The summed E-state index contributed by atoms with van der Waals surface area (Å²) in [7, 11) is 3.14. The number of hydrogen-bond donors (Lipinski definition) is 2. The lowest BCUT2D eigenvalue weighted by molar-refractivity contribution is -0.121. The van der Waals surface area contributed by atoms with Crippen LogP contribution in [-0.2, 0) is 17.8 Å². The highest BCUT2D eigenvalue weighted by Crippen LogP contribution is 2.27. The molecule has 0 saturated heterocycles. The summed E-state index contributed by atoms with van der Waals surface area (Å²) in [6, 6.07) is 8.88. The molecule has 2 aromatic heterocycles. The van der Waals surface area contributed by atoms with Gasteiger partial charge in [-0.2, -0.15) is 5.10 Å². The van der Waals surface area contributed by atoms with Gasteiger partial charge in [-0.25, -0.2) is 4.68 Å². The van der Waals surface area contributed by atoms with Crippen molar-refractivity contribution in [1.82, 2.24) is 15.1 Å². The number of ether oxygens (including phenoxy) is 2. The van der Waals surface area contributed by atoms with Crippen LogP contribution in [-0.4, -0.2) is 36.5 Å². The Morgan fingerprint density at radius 2 is 1.90 bits per heavy atom. The van der Waals surface area contributed by atoms with Gasteiger partial charge in [-0.15, -0.1) is 0 Å². The number of carbonyl (C=O) groups is 1. The average Bonchev–Trinajstić information content (AvgIpc) is 3.09. The van der Waals surface area contributed by atoms with Gasteiger partial charge in [-0.1, -0.05) is 6.07 Å². The molecule has 0 atom stereocenters. The maximum atomic E-state index is 12.4. The van der Waals surface area contributed by atoms with E-state index in [1.807, 2.05) is 31.2 Å². The first-order valence-corrected chi connectivity index (χ1v) is 9.75. The van der Waals surface area contributed by atoms with Crippen molar-refractivity contribution in [2.45, 2.75) is 26.8 Å². The number of carbonyl (C=O) groups excluding carboxylic acids is 1. The first-order chi connectivity index (χ1) is 14.8. The van der Waals surface area contributed by atoms with Crippen molar-refractivity contribution < 1.29 is 18.7 Å². The first-order valence-electron chi connectivity index (χ1n) is 9.75. The first kappa shape index (κ1) is 21.9. The molecule has 0 saturated carbocycles. The molecule has 0 spiro atoms. The largest absolute Gasteiger partial charge is 0.493 e. The van der Waals surface area contributed by atoms with Gasteiger partial charge < -0.3 is 24.9 Å². The molecule has 0 aliphatic carbocycles. The number of aryl methyl sites for hydroxylation is 2. The zero-order chi connectivity index (χ0) is 22.5. The van der Waals surface area contributed by atoms with Gasteiger partial charge in [0.2, 0.25) is 5.91 Å². The number of hydrogen-bond acceptors (Lipinski definition) is 7. The number of rotatable bonds is 8. The Labute approximate surface area is 179 Å². The molecule has 0 fully saturated rings. The number of methoxy groups -OCH3 is 2. The van der Waals surface area contributed by atoms with Crippen LogP contribution in [0.4, 0.5) is 5.69 Å². The SMILES string of the molecule is COc1ccc(CCNC(=O)Cn2nc(-c3cc(C)oc3C)cc(N)c2=O)cc1OC. The van der Waals surface area contributed by atoms with Crippen LogP contribution in [0.25, 0.3) is 11.3 Å². The van der Waals surface area contributed by atoms with Crippen molar-refractivity contribution in [3.8, 4) is 22.8 Å². The molecule has 9 heteroatoms. The van der Waals surface area contributed by atoms with Gasteiger partial charge in [0.05, 0.1) is 19.9 Å². The molecule has 164 valence electrons. The van der Waals surface area contributed by atoms with Gasteiger partial charge in [0.1, 0.15) is 23.8 Å². The molecule has 0 aliphatic heterocycles. The number of benzene rings is 1. The lowest BCUT2D eigenvalue weighted by Crippen LogP contribution is -2.35. The summed E-state index contributed by atoms with van der Waals surface area (Å²) >= 11 is 0. The number of nitrogens with zero attached hydrogens (tertiary/aromatic N) is 2. The summed E-state index contributed by atoms with van der Waals surface area (Å²) in [6.45, 7) is 3.77. The predicted octanol–water partition coefficient (Wildman–Crippen LogP) is 2.08. The standard InChI is InChI=1S/C22H26N4O5/c1-13-9-16(14(2)31-13)18-11-17(23)22(28)26(25-18)12-21(27)24-8-7-15-5-6-19(29-3)20(10-15)30-4/h5-6,9-11H,7-8,12,23H2,1-4H3,(H,24,27).